The number of carbonyl (C=O) groups is 3. The molecule has 9 heteroatoms. The Balaban J connectivity index is 1.78. The Hall–Kier alpha value is -3.36. The lowest BCUT2D eigenvalue weighted by Gasteiger charge is -2.25. The molecule has 2 aromatic rings. The third kappa shape index (κ3) is 3.42. The van der Waals surface area contributed by atoms with Gasteiger partial charge in [0, 0.05) is 11.8 Å². The molecule has 4 amide bonds. The van der Waals surface area contributed by atoms with Crippen LogP contribution in [0.2, 0.25) is 0 Å². The highest BCUT2D eigenvalue weighted by Crippen LogP contribution is 2.32. The van der Waals surface area contributed by atoms with E-state index in [2.05, 4.69) is 10.6 Å². The summed E-state index contributed by atoms with van der Waals surface area (Å²) in [5.74, 6) is -4.13. The number of carbonyl (C=O) groups excluding carboxylic acids is 3. The fourth-order valence-corrected chi connectivity index (χ4v) is 3.06. The third-order valence-corrected chi connectivity index (χ3v) is 4.55. The molecule has 1 atom stereocenters. The Morgan fingerprint density at radius 3 is 2.36 bits per heavy atom. The highest BCUT2D eigenvalue weighted by atomic mass is 19.2. The molecule has 1 saturated heterocycles. The quantitative estimate of drug-likeness (QED) is 0.770. The van der Waals surface area contributed by atoms with E-state index >= 15 is 0 Å². The number of benzene rings is 2. The van der Waals surface area contributed by atoms with Crippen molar-refractivity contribution in [1.82, 2.24) is 10.2 Å². The second-order valence-corrected chi connectivity index (χ2v) is 6.26. The molecule has 28 heavy (non-hydrogen) atoms. The molecule has 0 spiro atoms. The monoisotopic (exact) mass is 391 g/mol. The first-order valence-electron chi connectivity index (χ1n) is 8.42. The zero-order valence-electron chi connectivity index (χ0n) is 14.8. The topological polar surface area (TPSA) is 78.5 Å². The van der Waals surface area contributed by atoms with Crippen molar-refractivity contribution in [2.45, 2.75) is 18.9 Å². The Labute approximate surface area is 158 Å². The molecule has 0 radical (unpaired) electrons. The maximum atomic E-state index is 13.2. The number of anilines is 1. The van der Waals surface area contributed by atoms with E-state index in [1.54, 1.807) is 6.92 Å². The van der Waals surface area contributed by atoms with Gasteiger partial charge in [0.05, 0.1) is 0 Å². The Kier molecular flexibility index (Phi) is 5.08. The van der Waals surface area contributed by atoms with Gasteiger partial charge in [0.15, 0.2) is 11.6 Å². The van der Waals surface area contributed by atoms with E-state index < -0.39 is 47.4 Å². The predicted octanol–water partition coefficient (Wildman–Crippen LogP) is 2.90. The molecule has 6 nitrogen and oxygen atoms in total. The summed E-state index contributed by atoms with van der Waals surface area (Å²) in [6.45, 7) is 1.05. The van der Waals surface area contributed by atoms with E-state index in [1.807, 2.05) is 0 Å². The lowest BCUT2D eigenvalue weighted by atomic mass is 9.87. The van der Waals surface area contributed by atoms with Crippen LogP contribution < -0.4 is 10.6 Å². The van der Waals surface area contributed by atoms with Crippen LogP contribution in [0.4, 0.5) is 23.7 Å². The van der Waals surface area contributed by atoms with Crippen LogP contribution in [-0.4, -0.2) is 29.3 Å². The van der Waals surface area contributed by atoms with E-state index in [-0.39, 0.29) is 12.1 Å². The number of nitrogens with one attached hydrogen (secondary N) is 2. The Morgan fingerprint density at radius 1 is 1.07 bits per heavy atom. The second kappa shape index (κ2) is 7.34. The van der Waals surface area contributed by atoms with E-state index in [0.717, 1.165) is 23.1 Å². The molecule has 2 N–H and O–H groups in total. The zero-order valence-corrected chi connectivity index (χ0v) is 14.8. The standard InChI is InChI=1S/C19H16F3N3O3/c1-2-19(11-3-5-12(20)6-4-11)17(27)25(18(28)24-19)10-16(26)23-13-7-8-14(21)15(22)9-13/h3-9H,2,10H2,1H3,(H,23,26)(H,24,28)/t19-/m1/s1. The van der Waals surface area contributed by atoms with Crippen molar-refractivity contribution in [3.8, 4) is 0 Å². The average molecular weight is 391 g/mol. The van der Waals surface area contributed by atoms with E-state index in [9.17, 15) is 27.6 Å². The third-order valence-electron chi connectivity index (χ3n) is 4.55. The molecule has 3 rings (SSSR count). The predicted molar refractivity (Wildman–Crippen MR) is 93.6 cm³/mol. The Morgan fingerprint density at radius 2 is 1.75 bits per heavy atom. The van der Waals surface area contributed by atoms with Gasteiger partial charge >= 0.3 is 6.03 Å². The highest BCUT2D eigenvalue weighted by molar-refractivity contribution is 6.10. The lowest BCUT2D eigenvalue weighted by molar-refractivity contribution is -0.134. The fraction of sp³-hybridized carbons (Fsp3) is 0.211. The van der Waals surface area contributed by atoms with Gasteiger partial charge in [-0.15, -0.1) is 0 Å². The molecule has 2 aromatic carbocycles. The lowest BCUT2D eigenvalue weighted by Crippen LogP contribution is -2.44. The molecule has 1 aliphatic heterocycles. The summed E-state index contributed by atoms with van der Waals surface area (Å²) in [4.78, 5) is 38.1. The molecule has 0 aliphatic carbocycles. The molecule has 1 heterocycles. The number of imide groups is 1. The SMILES string of the molecule is CC[C@]1(c2ccc(F)cc2)NC(=O)N(CC(=O)Nc2ccc(F)c(F)c2)C1=O. The molecule has 0 unspecified atom stereocenters. The van der Waals surface area contributed by atoms with Gasteiger partial charge in [-0.25, -0.2) is 18.0 Å². The number of urea groups is 1. The summed E-state index contributed by atoms with van der Waals surface area (Å²) in [5, 5.41) is 4.87. The highest BCUT2D eigenvalue weighted by Gasteiger charge is 2.51. The van der Waals surface area contributed by atoms with Gasteiger partial charge in [0.25, 0.3) is 5.91 Å². The van der Waals surface area contributed by atoms with Gasteiger partial charge in [-0.3, -0.25) is 14.5 Å². The maximum absolute atomic E-state index is 13.2. The summed E-state index contributed by atoms with van der Waals surface area (Å²) < 4.78 is 39.4. The fourth-order valence-electron chi connectivity index (χ4n) is 3.06. The first-order valence-corrected chi connectivity index (χ1v) is 8.42. The summed E-state index contributed by atoms with van der Waals surface area (Å²) >= 11 is 0. The number of halogens is 3. The number of nitrogens with zero attached hydrogens (tertiary/aromatic N) is 1. The maximum Gasteiger partial charge on any atom is 0.325 e. The van der Waals surface area contributed by atoms with Crippen LogP contribution in [0.25, 0.3) is 0 Å². The van der Waals surface area contributed by atoms with Crippen molar-refractivity contribution in [1.29, 1.82) is 0 Å². The van der Waals surface area contributed by atoms with Gasteiger partial charge in [-0.05, 0) is 36.2 Å². The number of rotatable bonds is 5. The minimum absolute atomic E-state index is 0.0174. The van der Waals surface area contributed by atoms with Crippen LogP contribution in [0.3, 0.4) is 0 Å². The average Bonchev–Trinajstić information content (AvgIpc) is 2.90. The summed E-state index contributed by atoms with van der Waals surface area (Å²) in [5.41, 5.74) is -1.04. The van der Waals surface area contributed by atoms with Crippen molar-refractivity contribution < 1.29 is 27.6 Å². The van der Waals surface area contributed by atoms with Gasteiger partial charge < -0.3 is 10.6 Å². The van der Waals surface area contributed by atoms with Gasteiger partial charge in [0.2, 0.25) is 5.91 Å². The Bertz CT molecular complexity index is 949. The van der Waals surface area contributed by atoms with E-state index in [1.165, 1.54) is 24.3 Å². The molecule has 0 bridgehead atoms. The summed E-state index contributed by atoms with van der Waals surface area (Å²) in [6.07, 6.45) is 0.185. The van der Waals surface area contributed by atoms with Gasteiger partial charge in [-0.1, -0.05) is 19.1 Å². The second-order valence-electron chi connectivity index (χ2n) is 6.26. The van der Waals surface area contributed by atoms with E-state index in [4.69, 9.17) is 0 Å². The summed E-state index contributed by atoms with van der Waals surface area (Å²) in [7, 11) is 0. The summed E-state index contributed by atoms with van der Waals surface area (Å²) in [6, 6.07) is 7.12. The van der Waals surface area contributed by atoms with Crippen molar-refractivity contribution in [2.24, 2.45) is 0 Å². The molecule has 1 aliphatic rings. The number of hydrogen-bond donors (Lipinski definition) is 2. The van der Waals surface area contributed by atoms with Crippen LogP contribution in [0.1, 0.15) is 18.9 Å². The van der Waals surface area contributed by atoms with Crippen molar-refractivity contribution >= 4 is 23.5 Å². The van der Waals surface area contributed by atoms with Gasteiger partial charge in [-0.2, -0.15) is 0 Å². The minimum atomic E-state index is -1.41. The van der Waals surface area contributed by atoms with Crippen LogP contribution in [0, 0.1) is 17.5 Å². The van der Waals surface area contributed by atoms with Crippen molar-refractivity contribution in [3.63, 3.8) is 0 Å². The molecule has 146 valence electrons. The van der Waals surface area contributed by atoms with Gasteiger partial charge in [0.1, 0.15) is 17.9 Å². The van der Waals surface area contributed by atoms with Crippen LogP contribution in [-0.2, 0) is 15.1 Å². The molecular formula is C19H16F3N3O3. The number of amides is 4. The van der Waals surface area contributed by atoms with Crippen molar-refractivity contribution in [2.75, 3.05) is 11.9 Å². The van der Waals surface area contributed by atoms with Crippen LogP contribution >= 0.6 is 0 Å². The molecule has 0 saturated carbocycles. The zero-order chi connectivity index (χ0) is 20.5. The number of hydrogen-bond acceptors (Lipinski definition) is 3. The van der Waals surface area contributed by atoms with Crippen molar-refractivity contribution in [3.05, 3.63) is 65.5 Å². The minimum Gasteiger partial charge on any atom is -0.324 e. The first kappa shape index (κ1) is 19.4. The van der Waals surface area contributed by atoms with E-state index in [0.29, 0.717) is 5.56 Å². The van der Waals surface area contributed by atoms with Crippen LogP contribution in [0.5, 0.6) is 0 Å². The largest absolute Gasteiger partial charge is 0.325 e. The van der Waals surface area contributed by atoms with Crippen LogP contribution in [0.15, 0.2) is 42.5 Å². The normalized spacial score (nSPS) is 18.9. The molecule has 0 aromatic heterocycles. The molecular weight excluding hydrogens is 375 g/mol. The first-order chi connectivity index (χ1) is 13.3. The smallest absolute Gasteiger partial charge is 0.324 e. The molecule has 1 fully saturated rings.